The van der Waals surface area contributed by atoms with Gasteiger partial charge in [-0.1, -0.05) is 67.1 Å². The van der Waals surface area contributed by atoms with Crippen molar-refractivity contribution >= 4 is 17.1 Å². The Hall–Kier alpha value is -3.03. The van der Waals surface area contributed by atoms with Crippen molar-refractivity contribution < 1.29 is 19.2 Å². The molecule has 1 aromatic heterocycles. The van der Waals surface area contributed by atoms with E-state index in [1.165, 1.54) is 16.7 Å². The molecule has 1 heterocycles. The van der Waals surface area contributed by atoms with Gasteiger partial charge in [-0.3, -0.25) is 4.79 Å². The molecule has 0 fully saturated rings. The maximum atomic E-state index is 10.8. The molecule has 0 aliphatic heterocycles. The first-order valence-electron chi connectivity index (χ1n) is 13.2. The first kappa shape index (κ1) is 28.5. The Labute approximate surface area is 220 Å². The number of ether oxygens (including phenoxy) is 1. The van der Waals surface area contributed by atoms with Crippen molar-refractivity contribution in [2.24, 2.45) is 11.8 Å². The zero-order valence-electron chi connectivity index (χ0n) is 22.8. The standard InChI is InChI=1S/C30H41N3O4/c1-20(16-26-9-7-6-8-22(26)3)10-11-27(17-21(2)19-36-5)30-32-29(33-37-30)25-14-12-24(13-15-25)23(4)31-18-28(34)35/h6-9,12,14,17,20-21,23,31H,10-11,13,15-16,18-19H2,1-5H3,(H,34,35). The smallest absolute Gasteiger partial charge is 0.317 e. The van der Waals surface area contributed by atoms with Crippen LogP contribution in [-0.2, 0) is 16.0 Å². The van der Waals surface area contributed by atoms with Crippen molar-refractivity contribution in [3.63, 3.8) is 0 Å². The summed E-state index contributed by atoms with van der Waals surface area (Å²) in [7, 11) is 1.72. The van der Waals surface area contributed by atoms with E-state index in [-0.39, 0.29) is 18.5 Å². The van der Waals surface area contributed by atoms with Crippen LogP contribution in [0.5, 0.6) is 0 Å². The summed E-state index contributed by atoms with van der Waals surface area (Å²) in [5, 5.41) is 16.2. The van der Waals surface area contributed by atoms with Crippen LogP contribution in [0.25, 0.3) is 11.1 Å². The van der Waals surface area contributed by atoms with Crippen molar-refractivity contribution in [1.29, 1.82) is 0 Å². The zero-order valence-corrected chi connectivity index (χ0v) is 22.8. The average Bonchev–Trinajstić information content (AvgIpc) is 3.37. The number of hydrogen-bond donors (Lipinski definition) is 2. The summed E-state index contributed by atoms with van der Waals surface area (Å²) in [4.78, 5) is 15.6. The largest absolute Gasteiger partial charge is 0.480 e. The van der Waals surface area contributed by atoms with E-state index in [0.717, 1.165) is 43.3 Å². The molecule has 2 N–H and O–H groups in total. The second-order valence-electron chi connectivity index (χ2n) is 10.3. The van der Waals surface area contributed by atoms with Gasteiger partial charge in [0.1, 0.15) is 0 Å². The Balaban J connectivity index is 1.70. The van der Waals surface area contributed by atoms with E-state index in [0.29, 0.717) is 24.2 Å². The lowest BCUT2D eigenvalue weighted by Gasteiger charge is -2.19. The van der Waals surface area contributed by atoms with Crippen molar-refractivity contribution in [1.82, 2.24) is 15.5 Å². The third-order valence-electron chi connectivity index (χ3n) is 6.94. The van der Waals surface area contributed by atoms with Crippen LogP contribution in [0.4, 0.5) is 0 Å². The SMILES string of the molecule is COCC(C)C=C(CCC(C)Cc1ccccc1C)c1nc(C2=CC=C(C(C)NCC(=O)O)CC2)no1. The highest BCUT2D eigenvalue weighted by molar-refractivity contribution is 5.69. The number of aromatic nitrogens is 2. The molecule has 1 aromatic carbocycles. The highest BCUT2D eigenvalue weighted by Gasteiger charge is 2.20. The van der Waals surface area contributed by atoms with Crippen LogP contribution in [0, 0.1) is 18.8 Å². The molecule has 0 saturated heterocycles. The number of carbonyl (C=O) groups is 1. The summed E-state index contributed by atoms with van der Waals surface area (Å²) in [6.45, 7) is 9.17. The second-order valence-corrected chi connectivity index (χ2v) is 10.3. The third-order valence-corrected chi connectivity index (χ3v) is 6.94. The van der Waals surface area contributed by atoms with Gasteiger partial charge >= 0.3 is 5.97 Å². The number of nitrogens with zero attached hydrogens (tertiary/aromatic N) is 2. The van der Waals surface area contributed by atoms with Crippen molar-refractivity contribution in [2.75, 3.05) is 20.3 Å². The van der Waals surface area contributed by atoms with Crippen LogP contribution in [0.1, 0.15) is 69.3 Å². The number of aliphatic carboxylic acids is 1. The Morgan fingerprint density at radius 3 is 2.68 bits per heavy atom. The van der Waals surface area contributed by atoms with Gasteiger partial charge in [-0.2, -0.15) is 4.98 Å². The highest BCUT2D eigenvalue weighted by Crippen LogP contribution is 2.30. The molecule has 1 aliphatic carbocycles. The molecule has 0 saturated carbocycles. The maximum absolute atomic E-state index is 10.8. The molecule has 7 nitrogen and oxygen atoms in total. The quantitative estimate of drug-likeness (QED) is 0.330. The summed E-state index contributed by atoms with van der Waals surface area (Å²) in [5.41, 5.74) is 6.01. The molecule has 3 rings (SSSR count). The molecular weight excluding hydrogens is 466 g/mol. The Morgan fingerprint density at radius 2 is 2.00 bits per heavy atom. The van der Waals surface area contributed by atoms with Gasteiger partial charge in [0.05, 0.1) is 13.2 Å². The molecule has 37 heavy (non-hydrogen) atoms. The maximum Gasteiger partial charge on any atom is 0.317 e. The molecule has 3 unspecified atom stereocenters. The fraction of sp³-hybridized carbons (Fsp3) is 0.500. The molecule has 200 valence electrons. The van der Waals surface area contributed by atoms with E-state index in [9.17, 15) is 4.79 Å². The number of nitrogens with one attached hydrogen (secondary N) is 1. The molecule has 0 spiro atoms. The van der Waals surface area contributed by atoms with Gasteiger partial charge in [-0.15, -0.1) is 0 Å². The van der Waals surface area contributed by atoms with Crippen LogP contribution in [0.15, 0.2) is 52.6 Å². The number of allylic oxidation sites excluding steroid dienone is 4. The normalized spacial score (nSPS) is 16.6. The lowest BCUT2D eigenvalue weighted by molar-refractivity contribution is -0.136. The second kappa shape index (κ2) is 14.1. The number of benzene rings is 1. The minimum absolute atomic E-state index is 0.00759. The summed E-state index contributed by atoms with van der Waals surface area (Å²) in [6, 6.07) is 8.59. The van der Waals surface area contributed by atoms with Crippen LogP contribution in [0.3, 0.4) is 0 Å². The number of methoxy groups -OCH3 is 1. The molecular formula is C30H41N3O4. The molecule has 0 bridgehead atoms. The van der Waals surface area contributed by atoms with E-state index < -0.39 is 5.97 Å². The molecule has 0 radical (unpaired) electrons. The van der Waals surface area contributed by atoms with Crippen molar-refractivity contribution in [3.05, 3.63) is 70.9 Å². The van der Waals surface area contributed by atoms with Crippen LogP contribution in [0.2, 0.25) is 0 Å². The Bertz CT molecular complexity index is 1130. The monoisotopic (exact) mass is 507 g/mol. The first-order chi connectivity index (χ1) is 17.8. The third kappa shape index (κ3) is 8.79. The number of rotatable bonds is 14. The Morgan fingerprint density at radius 1 is 1.22 bits per heavy atom. The molecule has 3 atom stereocenters. The first-order valence-corrected chi connectivity index (χ1v) is 13.2. The lowest BCUT2D eigenvalue weighted by atomic mass is 9.91. The topological polar surface area (TPSA) is 97.5 Å². The molecule has 0 amide bonds. The fourth-order valence-electron chi connectivity index (χ4n) is 4.69. The lowest BCUT2D eigenvalue weighted by Crippen LogP contribution is -2.33. The predicted octanol–water partition coefficient (Wildman–Crippen LogP) is 5.87. The minimum atomic E-state index is -0.855. The van der Waals surface area contributed by atoms with Gasteiger partial charge in [-0.25, -0.2) is 0 Å². The molecule has 2 aromatic rings. The highest BCUT2D eigenvalue weighted by atomic mass is 16.5. The summed E-state index contributed by atoms with van der Waals surface area (Å²) in [6.07, 6.45) is 10.8. The summed E-state index contributed by atoms with van der Waals surface area (Å²) in [5.74, 6) is 1.10. The van der Waals surface area contributed by atoms with E-state index >= 15 is 0 Å². The van der Waals surface area contributed by atoms with E-state index in [1.54, 1.807) is 7.11 Å². The van der Waals surface area contributed by atoms with Crippen LogP contribution >= 0.6 is 0 Å². The van der Waals surface area contributed by atoms with Gasteiger partial charge < -0.3 is 19.7 Å². The van der Waals surface area contributed by atoms with Crippen LogP contribution in [-0.4, -0.2) is 47.5 Å². The predicted molar refractivity (Wildman–Crippen MR) is 147 cm³/mol. The summed E-state index contributed by atoms with van der Waals surface area (Å²) < 4.78 is 11.1. The number of carboxylic acid groups (broad SMARTS) is 1. The van der Waals surface area contributed by atoms with Gasteiger partial charge in [0.25, 0.3) is 5.89 Å². The van der Waals surface area contributed by atoms with Gasteiger partial charge in [0, 0.05) is 24.3 Å². The number of aryl methyl sites for hydroxylation is 1. The number of hydrogen-bond acceptors (Lipinski definition) is 6. The zero-order chi connectivity index (χ0) is 26.8. The summed E-state index contributed by atoms with van der Waals surface area (Å²) >= 11 is 0. The molecule has 7 heteroatoms. The Kier molecular flexibility index (Phi) is 10.8. The van der Waals surface area contributed by atoms with Gasteiger partial charge in [0.15, 0.2) is 5.82 Å². The van der Waals surface area contributed by atoms with Crippen molar-refractivity contribution in [2.45, 2.75) is 65.8 Å². The fourth-order valence-corrected chi connectivity index (χ4v) is 4.69. The minimum Gasteiger partial charge on any atom is -0.480 e. The van der Waals surface area contributed by atoms with E-state index in [1.807, 2.05) is 19.1 Å². The van der Waals surface area contributed by atoms with Gasteiger partial charge in [0.2, 0.25) is 0 Å². The van der Waals surface area contributed by atoms with Crippen molar-refractivity contribution in [3.8, 4) is 0 Å². The van der Waals surface area contributed by atoms with Crippen LogP contribution < -0.4 is 5.32 Å². The average molecular weight is 508 g/mol. The number of carboxylic acids is 1. The van der Waals surface area contributed by atoms with E-state index in [4.69, 9.17) is 19.4 Å². The molecule has 1 aliphatic rings. The van der Waals surface area contributed by atoms with Gasteiger partial charge in [-0.05, 0) is 68.9 Å². The van der Waals surface area contributed by atoms with E-state index in [2.05, 4.69) is 61.6 Å².